The number of hydrogen-bond acceptors (Lipinski definition) is 2. The average molecular weight is 429 g/mol. The summed E-state index contributed by atoms with van der Waals surface area (Å²) in [6.45, 7) is 14.2. The molecule has 2 heteroatoms. The van der Waals surface area contributed by atoms with E-state index in [4.69, 9.17) is 0 Å². The van der Waals surface area contributed by atoms with Crippen molar-refractivity contribution in [3.05, 3.63) is 23.8 Å². The van der Waals surface area contributed by atoms with E-state index in [1.54, 1.807) is 0 Å². The third-order valence-electron chi connectivity index (χ3n) is 11.0. The van der Waals surface area contributed by atoms with E-state index in [0.717, 1.165) is 44.9 Å². The van der Waals surface area contributed by atoms with Gasteiger partial charge in [0.05, 0.1) is 11.7 Å². The van der Waals surface area contributed by atoms with Crippen LogP contribution in [-0.4, -0.2) is 21.9 Å². The molecule has 4 aliphatic rings. The standard InChI is InChI=1S/C29H48O2/c1-7-21(19(2)3)9-8-20(4)24-14-17-29(31)26-11-10-22-18-23(30)12-15-27(22,5)25(26)13-16-28(24,29)6/h8-10,19-21,23-26,30-31H,7,11-18H2,1-6H3/b9-8+/t20-,21-,23+,24-,25+,26-,27+,28-,29-/m1/s1. The van der Waals surface area contributed by atoms with Crippen molar-refractivity contribution in [2.24, 2.45) is 46.3 Å². The molecule has 0 aromatic carbocycles. The molecule has 0 radical (unpaired) electrons. The van der Waals surface area contributed by atoms with Crippen molar-refractivity contribution in [1.29, 1.82) is 0 Å². The van der Waals surface area contributed by atoms with Crippen LogP contribution in [0.2, 0.25) is 0 Å². The van der Waals surface area contributed by atoms with Crippen molar-refractivity contribution in [2.45, 2.75) is 111 Å². The van der Waals surface area contributed by atoms with Crippen molar-refractivity contribution in [2.75, 3.05) is 0 Å². The van der Waals surface area contributed by atoms with Gasteiger partial charge in [-0.05, 0) is 104 Å². The second kappa shape index (κ2) is 8.32. The summed E-state index contributed by atoms with van der Waals surface area (Å²) < 4.78 is 0. The molecule has 0 aromatic rings. The first-order valence-corrected chi connectivity index (χ1v) is 13.3. The predicted octanol–water partition coefficient (Wildman–Crippen LogP) is 6.92. The number of allylic oxidation sites excluding steroid dienone is 3. The van der Waals surface area contributed by atoms with Gasteiger partial charge in [-0.25, -0.2) is 0 Å². The highest BCUT2D eigenvalue weighted by Gasteiger charge is 2.66. The van der Waals surface area contributed by atoms with Crippen LogP contribution >= 0.6 is 0 Å². The summed E-state index contributed by atoms with van der Waals surface area (Å²) in [5.74, 6) is 3.42. The molecule has 176 valence electrons. The Bertz CT molecular complexity index is 722. The van der Waals surface area contributed by atoms with E-state index in [1.807, 2.05) is 0 Å². The molecular weight excluding hydrogens is 380 g/mol. The molecule has 0 heterocycles. The topological polar surface area (TPSA) is 40.5 Å². The first-order valence-electron chi connectivity index (χ1n) is 13.3. The van der Waals surface area contributed by atoms with E-state index in [0.29, 0.717) is 35.5 Å². The minimum Gasteiger partial charge on any atom is -0.393 e. The first kappa shape index (κ1) is 23.6. The quantitative estimate of drug-likeness (QED) is 0.467. The largest absolute Gasteiger partial charge is 0.393 e. The van der Waals surface area contributed by atoms with Gasteiger partial charge in [0.15, 0.2) is 0 Å². The zero-order chi connectivity index (χ0) is 22.6. The van der Waals surface area contributed by atoms with Gasteiger partial charge in [0, 0.05) is 0 Å². The predicted molar refractivity (Wildman–Crippen MR) is 130 cm³/mol. The minimum atomic E-state index is -0.536. The average Bonchev–Trinajstić information content (AvgIpc) is 3.00. The lowest BCUT2D eigenvalue weighted by Gasteiger charge is -2.61. The maximum absolute atomic E-state index is 12.4. The third kappa shape index (κ3) is 3.59. The van der Waals surface area contributed by atoms with E-state index in [2.05, 4.69) is 59.8 Å². The van der Waals surface area contributed by atoms with Crippen LogP contribution in [0.5, 0.6) is 0 Å². The van der Waals surface area contributed by atoms with Crippen molar-refractivity contribution < 1.29 is 10.2 Å². The van der Waals surface area contributed by atoms with Gasteiger partial charge in [-0.1, -0.05) is 65.3 Å². The van der Waals surface area contributed by atoms with Crippen LogP contribution in [0, 0.1) is 46.3 Å². The molecule has 0 amide bonds. The van der Waals surface area contributed by atoms with Crippen LogP contribution < -0.4 is 0 Å². The number of fused-ring (bicyclic) bond motifs is 5. The monoisotopic (exact) mass is 428 g/mol. The van der Waals surface area contributed by atoms with Crippen LogP contribution in [-0.2, 0) is 0 Å². The van der Waals surface area contributed by atoms with Crippen molar-refractivity contribution in [3.8, 4) is 0 Å². The fourth-order valence-electron chi connectivity index (χ4n) is 8.77. The highest BCUT2D eigenvalue weighted by Crippen LogP contribution is 2.68. The molecule has 2 nitrogen and oxygen atoms in total. The molecule has 0 bridgehead atoms. The summed E-state index contributed by atoms with van der Waals surface area (Å²) in [4.78, 5) is 0. The molecule has 0 saturated heterocycles. The molecule has 3 fully saturated rings. The van der Waals surface area contributed by atoms with Crippen molar-refractivity contribution in [3.63, 3.8) is 0 Å². The van der Waals surface area contributed by atoms with Crippen LogP contribution in [0.4, 0.5) is 0 Å². The van der Waals surface area contributed by atoms with E-state index < -0.39 is 5.60 Å². The van der Waals surface area contributed by atoms with Crippen LogP contribution in [0.3, 0.4) is 0 Å². The lowest BCUT2D eigenvalue weighted by atomic mass is 9.45. The van der Waals surface area contributed by atoms with Crippen molar-refractivity contribution >= 4 is 0 Å². The summed E-state index contributed by atoms with van der Waals surface area (Å²) in [5.41, 5.74) is 1.16. The molecule has 4 rings (SSSR count). The highest BCUT2D eigenvalue weighted by molar-refractivity contribution is 5.28. The van der Waals surface area contributed by atoms with Crippen LogP contribution in [0.1, 0.15) is 99.3 Å². The summed E-state index contributed by atoms with van der Waals surface area (Å²) in [6, 6.07) is 0. The zero-order valence-corrected chi connectivity index (χ0v) is 21.0. The number of rotatable bonds is 5. The number of aliphatic hydroxyl groups excluding tert-OH is 1. The van der Waals surface area contributed by atoms with Gasteiger partial charge in [-0.2, -0.15) is 0 Å². The number of aliphatic hydroxyl groups is 2. The van der Waals surface area contributed by atoms with Gasteiger partial charge in [0.1, 0.15) is 0 Å². The van der Waals surface area contributed by atoms with Gasteiger partial charge in [-0.3, -0.25) is 0 Å². The molecule has 4 aliphatic carbocycles. The Kier molecular flexibility index (Phi) is 6.32. The molecule has 2 N–H and O–H groups in total. The molecular formula is C29H48O2. The molecule has 0 aliphatic heterocycles. The fraction of sp³-hybridized carbons (Fsp3) is 0.862. The maximum Gasteiger partial charge on any atom is 0.0737 e. The molecule has 0 unspecified atom stereocenters. The Balaban J connectivity index is 1.58. The summed E-state index contributed by atoms with van der Waals surface area (Å²) in [6.07, 6.45) is 16.8. The molecule has 3 saturated carbocycles. The molecule has 0 aromatic heterocycles. The van der Waals surface area contributed by atoms with E-state index in [9.17, 15) is 10.2 Å². The van der Waals surface area contributed by atoms with Gasteiger partial charge in [-0.15, -0.1) is 0 Å². The van der Waals surface area contributed by atoms with Gasteiger partial charge in [0.25, 0.3) is 0 Å². The lowest BCUT2D eigenvalue weighted by molar-refractivity contribution is -0.181. The van der Waals surface area contributed by atoms with E-state index in [-0.39, 0.29) is 16.9 Å². The first-order chi connectivity index (χ1) is 14.6. The van der Waals surface area contributed by atoms with Gasteiger partial charge >= 0.3 is 0 Å². The Hall–Kier alpha value is -0.600. The lowest BCUT2D eigenvalue weighted by Crippen LogP contribution is -2.60. The Labute approximate surface area is 191 Å². The van der Waals surface area contributed by atoms with Gasteiger partial charge < -0.3 is 10.2 Å². The second-order valence-electron chi connectivity index (χ2n) is 12.6. The van der Waals surface area contributed by atoms with Crippen molar-refractivity contribution in [1.82, 2.24) is 0 Å². The summed E-state index contributed by atoms with van der Waals surface area (Å²) >= 11 is 0. The molecule has 31 heavy (non-hydrogen) atoms. The highest BCUT2D eigenvalue weighted by atomic mass is 16.3. The smallest absolute Gasteiger partial charge is 0.0737 e. The van der Waals surface area contributed by atoms with Gasteiger partial charge in [0.2, 0.25) is 0 Å². The normalized spacial score (nSPS) is 46.9. The summed E-state index contributed by atoms with van der Waals surface area (Å²) in [7, 11) is 0. The maximum atomic E-state index is 12.4. The minimum absolute atomic E-state index is 0.0212. The summed E-state index contributed by atoms with van der Waals surface area (Å²) in [5, 5.41) is 22.6. The fourth-order valence-corrected chi connectivity index (χ4v) is 8.77. The zero-order valence-electron chi connectivity index (χ0n) is 21.0. The number of hydrogen-bond donors (Lipinski definition) is 2. The Morgan fingerprint density at radius 3 is 2.45 bits per heavy atom. The molecule has 0 spiro atoms. The van der Waals surface area contributed by atoms with Crippen LogP contribution in [0.15, 0.2) is 23.8 Å². The van der Waals surface area contributed by atoms with E-state index in [1.165, 1.54) is 18.4 Å². The third-order valence-corrected chi connectivity index (χ3v) is 11.0. The van der Waals surface area contributed by atoms with Crippen LogP contribution in [0.25, 0.3) is 0 Å². The second-order valence-corrected chi connectivity index (χ2v) is 12.6. The SMILES string of the molecule is CC[C@H](/C=C/[C@@H](C)[C@H]1CC[C@@]2(O)[C@@H]3CC=C4C[C@@H](O)CC[C@]4(C)[C@H]3CC[C@]12C)C(C)C. The van der Waals surface area contributed by atoms with E-state index >= 15 is 0 Å². The Morgan fingerprint density at radius 2 is 1.77 bits per heavy atom. The molecule has 9 atom stereocenters. The Morgan fingerprint density at radius 1 is 1.03 bits per heavy atom.